The van der Waals surface area contributed by atoms with Crippen LogP contribution in [0.1, 0.15) is 26.7 Å². The fourth-order valence-corrected chi connectivity index (χ4v) is 1.45. The predicted octanol–water partition coefficient (Wildman–Crippen LogP) is 1.60. The van der Waals surface area contributed by atoms with E-state index in [2.05, 4.69) is 6.58 Å². The van der Waals surface area contributed by atoms with E-state index in [1.165, 1.54) is 0 Å². The molecule has 68 valence electrons. The maximum absolute atomic E-state index is 9.51. The van der Waals surface area contributed by atoms with Crippen LogP contribution in [0.15, 0.2) is 23.8 Å². The molecule has 0 amide bonds. The van der Waals surface area contributed by atoms with Gasteiger partial charge in [0.15, 0.2) is 5.79 Å². The topological polar surface area (TPSA) is 40.5 Å². The second kappa shape index (κ2) is 3.04. The summed E-state index contributed by atoms with van der Waals surface area (Å²) in [5.41, 5.74) is 1.67. The van der Waals surface area contributed by atoms with Gasteiger partial charge in [-0.2, -0.15) is 0 Å². The maximum Gasteiger partial charge on any atom is 0.185 e. The van der Waals surface area contributed by atoms with E-state index < -0.39 is 5.79 Å². The first-order valence-corrected chi connectivity index (χ1v) is 4.21. The van der Waals surface area contributed by atoms with Gasteiger partial charge < -0.3 is 10.2 Å². The number of rotatable bonds is 1. The number of hydrogen-bond donors (Lipinski definition) is 2. The Balaban J connectivity index is 2.79. The summed E-state index contributed by atoms with van der Waals surface area (Å²) in [6.07, 6.45) is 3.14. The van der Waals surface area contributed by atoms with E-state index in [1.807, 2.05) is 13.0 Å². The van der Waals surface area contributed by atoms with E-state index in [0.29, 0.717) is 12.0 Å². The van der Waals surface area contributed by atoms with Crippen LogP contribution in [-0.2, 0) is 0 Å². The van der Waals surface area contributed by atoms with Gasteiger partial charge in [0, 0.05) is 6.42 Å². The molecule has 2 heteroatoms. The van der Waals surface area contributed by atoms with Crippen molar-refractivity contribution >= 4 is 0 Å². The lowest BCUT2D eigenvalue weighted by atomic mass is 9.82. The summed E-state index contributed by atoms with van der Waals surface area (Å²) in [5.74, 6) is -1.40. The van der Waals surface area contributed by atoms with Crippen molar-refractivity contribution in [1.82, 2.24) is 0 Å². The summed E-state index contributed by atoms with van der Waals surface area (Å²) in [6, 6.07) is 0. The van der Waals surface area contributed by atoms with Crippen LogP contribution in [0, 0.1) is 5.92 Å². The summed E-state index contributed by atoms with van der Waals surface area (Å²) in [7, 11) is 0. The van der Waals surface area contributed by atoms with Gasteiger partial charge in [-0.3, -0.25) is 0 Å². The molecule has 1 aliphatic carbocycles. The molecule has 0 spiro atoms. The van der Waals surface area contributed by atoms with E-state index in [9.17, 15) is 10.2 Å². The molecule has 0 saturated carbocycles. The van der Waals surface area contributed by atoms with Crippen LogP contribution in [0.3, 0.4) is 0 Å². The predicted molar refractivity (Wildman–Crippen MR) is 48.5 cm³/mol. The van der Waals surface area contributed by atoms with Crippen molar-refractivity contribution in [2.45, 2.75) is 32.5 Å². The van der Waals surface area contributed by atoms with Gasteiger partial charge in [-0.05, 0) is 31.8 Å². The van der Waals surface area contributed by atoms with E-state index in [1.54, 1.807) is 6.92 Å². The van der Waals surface area contributed by atoms with Crippen molar-refractivity contribution in [1.29, 1.82) is 0 Å². The van der Waals surface area contributed by atoms with Crippen LogP contribution in [-0.4, -0.2) is 16.0 Å². The van der Waals surface area contributed by atoms with Crippen molar-refractivity contribution in [2.24, 2.45) is 5.92 Å². The molecule has 12 heavy (non-hydrogen) atoms. The summed E-state index contributed by atoms with van der Waals surface area (Å²) >= 11 is 0. The number of aliphatic hydroxyl groups is 2. The molecular weight excluding hydrogens is 152 g/mol. The summed E-state index contributed by atoms with van der Waals surface area (Å²) in [6.45, 7) is 7.49. The Hall–Kier alpha value is -0.600. The molecule has 0 aromatic carbocycles. The van der Waals surface area contributed by atoms with Crippen LogP contribution in [0.25, 0.3) is 0 Å². The highest BCUT2D eigenvalue weighted by Crippen LogP contribution is 2.33. The van der Waals surface area contributed by atoms with Gasteiger partial charge >= 0.3 is 0 Å². The molecule has 0 aromatic rings. The molecule has 0 bridgehead atoms. The first-order chi connectivity index (χ1) is 5.43. The first-order valence-electron chi connectivity index (χ1n) is 4.21. The molecule has 0 fully saturated rings. The highest BCUT2D eigenvalue weighted by Gasteiger charge is 2.32. The Bertz CT molecular complexity index is 226. The van der Waals surface area contributed by atoms with Crippen LogP contribution in [0.2, 0.25) is 0 Å². The lowest BCUT2D eigenvalue weighted by Gasteiger charge is -2.32. The van der Waals surface area contributed by atoms with Crippen LogP contribution in [0.4, 0.5) is 0 Å². The van der Waals surface area contributed by atoms with Gasteiger partial charge in [-0.25, -0.2) is 0 Å². The second-order valence-corrected chi connectivity index (χ2v) is 3.69. The van der Waals surface area contributed by atoms with Gasteiger partial charge in [0.25, 0.3) is 0 Å². The number of hydrogen-bond acceptors (Lipinski definition) is 2. The fraction of sp³-hybridized carbons (Fsp3) is 0.600. The third-order valence-corrected chi connectivity index (χ3v) is 2.57. The van der Waals surface area contributed by atoms with Gasteiger partial charge in [0.1, 0.15) is 0 Å². The first kappa shape index (κ1) is 9.49. The zero-order chi connectivity index (χ0) is 9.35. The SMILES string of the molecule is C=C(C)C1CC=C(C)C(O)(O)C1. The molecule has 2 N–H and O–H groups in total. The van der Waals surface area contributed by atoms with E-state index in [0.717, 1.165) is 12.0 Å². The molecule has 1 unspecified atom stereocenters. The number of allylic oxidation sites excluding steroid dienone is 2. The third-order valence-electron chi connectivity index (χ3n) is 2.57. The lowest BCUT2D eigenvalue weighted by Crippen LogP contribution is -2.35. The smallest absolute Gasteiger partial charge is 0.185 e. The molecule has 1 aliphatic rings. The van der Waals surface area contributed by atoms with E-state index in [4.69, 9.17) is 0 Å². The normalized spacial score (nSPS) is 28.0. The molecule has 0 saturated heterocycles. The van der Waals surface area contributed by atoms with Crippen molar-refractivity contribution in [3.8, 4) is 0 Å². The Kier molecular flexibility index (Phi) is 2.40. The largest absolute Gasteiger partial charge is 0.362 e. The average molecular weight is 168 g/mol. The van der Waals surface area contributed by atoms with Crippen LogP contribution >= 0.6 is 0 Å². The molecule has 0 aromatic heterocycles. The Morgan fingerprint density at radius 3 is 2.67 bits per heavy atom. The van der Waals surface area contributed by atoms with Crippen molar-refractivity contribution in [3.63, 3.8) is 0 Å². The molecule has 0 aliphatic heterocycles. The van der Waals surface area contributed by atoms with Gasteiger partial charge in [-0.15, -0.1) is 0 Å². The minimum atomic E-state index is -1.61. The van der Waals surface area contributed by atoms with Gasteiger partial charge in [0.05, 0.1) is 0 Å². The zero-order valence-electron chi connectivity index (χ0n) is 7.67. The van der Waals surface area contributed by atoms with Gasteiger partial charge in [-0.1, -0.05) is 18.2 Å². The molecule has 0 heterocycles. The summed E-state index contributed by atoms with van der Waals surface area (Å²) in [4.78, 5) is 0. The minimum Gasteiger partial charge on any atom is -0.362 e. The van der Waals surface area contributed by atoms with Crippen molar-refractivity contribution < 1.29 is 10.2 Å². The maximum atomic E-state index is 9.51. The zero-order valence-corrected chi connectivity index (χ0v) is 7.67. The Morgan fingerprint density at radius 1 is 1.67 bits per heavy atom. The third kappa shape index (κ3) is 1.76. The Morgan fingerprint density at radius 2 is 2.25 bits per heavy atom. The Labute approximate surface area is 73.2 Å². The highest BCUT2D eigenvalue weighted by atomic mass is 16.5. The quantitative estimate of drug-likeness (QED) is 0.461. The van der Waals surface area contributed by atoms with Crippen LogP contribution < -0.4 is 0 Å². The monoisotopic (exact) mass is 168 g/mol. The van der Waals surface area contributed by atoms with Crippen molar-refractivity contribution in [3.05, 3.63) is 23.8 Å². The fourth-order valence-electron chi connectivity index (χ4n) is 1.45. The summed E-state index contributed by atoms with van der Waals surface area (Å²) < 4.78 is 0. The molecule has 1 atom stereocenters. The van der Waals surface area contributed by atoms with Crippen LogP contribution in [0.5, 0.6) is 0 Å². The van der Waals surface area contributed by atoms with E-state index >= 15 is 0 Å². The van der Waals surface area contributed by atoms with E-state index in [-0.39, 0.29) is 5.92 Å². The lowest BCUT2D eigenvalue weighted by molar-refractivity contribution is -0.143. The average Bonchev–Trinajstić information content (AvgIpc) is 1.94. The minimum absolute atomic E-state index is 0.212. The molecular formula is C10H16O2. The molecule has 1 rings (SSSR count). The van der Waals surface area contributed by atoms with Crippen molar-refractivity contribution in [2.75, 3.05) is 0 Å². The second-order valence-electron chi connectivity index (χ2n) is 3.69. The molecule has 0 radical (unpaired) electrons. The summed E-state index contributed by atoms with van der Waals surface area (Å²) in [5, 5.41) is 19.0. The van der Waals surface area contributed by atoms with Gasteiger partial charge in [0.2, 0.25) is 0 Å². The highest BCUT2D eigenvalue weighted by molar-refractivity contribution is 5.17. The molecule has 2 nitrogen and oxygen atoms in total. The standard InChI is InChI=1S/C10H16O2/c1-7(2)9-5-4-8(3)10(11,12)6-9/h4,9,11-12H,1,5-6H2,2-3H3.